The topological polar surface area (TPSA) is 58.6 Å². The lowest BCUT2D eigenvalue weighted by Gasteiger charge is -2.12. The molecule has 1 amide bonds. The monoisotopic (exact) mass is 339 g/mol. The van der Waals surface area contributed by atoms with Gasteiger partial charge >= 0.3 is 6.36 Å². The summed E-state index contributed by atoms with van der Waals surface area (Å²) in [6.07, 6.45) is -5.14. The van der Waals surface area contributed by atoms with Gasteiger partial charge in [-0.05, 0) is 29.8 Å². The molecule has 0 aliphatic rings. The average Bonchev–Trinajstić information content (AvgIpc) is 2.53. The van der Waals surface area contributed by atoms with E-state index in [1.807, 2.05) is 30.3 Å². The van der Waals surface area contributed by atoms with Crippen LogP contribution in [0, 0.1) is 0 Å². The molecule has 0 aromatic heterocycles. The Balaban J connectivity index is 1.83. The molecule has 0 saturated carbocycles. The summed E-state index contributed by atoms with van der Waals surface area (Å²) in [5.41, 5.74) is 1.12. The lowest BCUT2D eigenvalue weighted by atomic mass is 10.1. The van der Waals surface area contributed by atoms with Crippen molar-refractivity contribution in [2.75, 3.05) is 6.54 Å². The molecular formula is C17H16F3NO3. The van der Waals surface area contributed by atoms with Crippen molar-refractivity contribution < 1.29 is 27.8 Å². The molecule has 0 spiro atoms. The third-order valence-electron chi connectivity index (χ3n) is 3.16. The molecule has 0 bridgehead atoms. The van der Waals surface area contributed by atoms with Gasteiger partial charge in [0.2, 0.25) is 0 Å². The fourth-order valence-electron chi connectivity index (χ4n) is 2.08. The highest BCUT2D eigenvalue weighted by molar-refractivity contribution is 5.94. The number of nitrogens with one attached hydrogen (secondary N) is 1. The van der Waals surface area contributed by atoms with Crippen LogP contribution < -0.4 is 10.1 Å². The van der Waals surface area contributed by atoms with E-state index in [0.29, 0.717) is 6.42 Å². The predicted molar refractivity (Wildman–Crippen MR) is 81.6 cm³/mol. The van der Waals surface area contributed by atoms with Crippen LogP contribution in [0.4, 0.5) is 13.2 Å². The van der Waals surface area contributed by atoms with E-state index in [9.17, 15) is 23.1 Å². The van der Waals surface area contributed by atoms with Gasteiger partial charge < -0.3 is 15.2 Å². The lowest BCUT2D eigenvalue weighted by Crippen LogP contribution is -2.33. The van der Waals surface area contributed by atoms with E-state index in [-0.39, 0.29) is 12.1 Å². The molecule has 1 atom stereocenters. The Hall–Kier alpha value is -2.54. The number of alkyl halides is 3. The minimum Gasteiger partial charge on any atom is -0.406 e. The summed E-state index contributed by atoms with van der Waals surface area (Å²) in [4.78, 5) is 11.9. The van der Waals surface area contributed by atoms with Crippen LogP contribution in [0.15, 0.2) is 54.6 Å². The Morgan fingerprint density at radius 3 is 2.29 bits per heavy atom. The van der Waals surface area contributed by atoms with E-state index in [1.54, 1.807) is 0 Å². The first-order chi connectivity index (χ1) is 11.3. The van der Waals surface area contributed by atoms with Crippen LogP contribution in [-0.2, 0) is 6.42 Å². The lowest BCUT2D eigenvalue weighted by molar-refractivity contribution is -0.274. The summed E-state index contributed by atoms with van der Waals surface area (Å²) in [6.45, 7) is 0.0362. The van der Waals surface area contributed by atoms with Gasteiger partial charge in [0, 0.05) is 18.5 Å². The van der Waals surface area contributed by atoms with Gasteiger partial charge in [0.25, 0.3) is 5.91 Å². The second-order valence-corrected chi connectivity index (χ2v) is 5.13. The molecule has 2 rings (SSSR count). The Morgan fingerprint density at radius 1 is 1.08 bits per heavy atom. The zero-order valence-electron chi connectivity index (χ0n) is 12.6. The third-order valence-corrected chi connectivity index (χ3v) is 3.16. The van der Waals surface area contributed by atoms with Crippen molar-refractivity contribution in [2.24, 2.45) is 0 Å². The standard InChI is InChI=1S/C17H16F3NO3/c18-17(19,20)24-15-8-6-13(7-9-15)16(23)21-11-14(22)10-12-4-2-1-3-5-12/h1-9,14,22H,10-11H2,(H,21,23). The fourth-order valence-corrected chi connectivity index (χ4v) is 2.08. The molecule has 0 radical (unpaired) electrons. The van der Waals surface area contributed by atoms with Crippen molar-refractivity contribution in [3.8, 4) is 5.75 Å². The van der Waals surface area contributed by atoms with Gasteiger partial charge in [-0.3, -0.25) is 4.79 Å². The average molecular weight is 339 g/mol. The number of ether oxygens (including phenoxy) is 1. The van der Waals surface area contributed by atoms with Gasteiger partial charge in [-0.25, -0.2) is 0 Å². The van der Waals surface area contributed by atoms with Gasteiger partial charge in [-0.15, -0.1) is 13.2 Å². The van der Waals surface area contributed by atoms with Crippen molar-refractivity contribution in [3.63, 3.8) is 0 Å². The second-order valence-electron chi connectivity index (χ2n) is 5.13. The van der Waals surface area contributed by atoms with E-state index < -0.39 is 24.1 Å². The Labute approximate surface area is 136 Å². The highest BCUT2D eigenvalue weighted by Crippen LogP contribution is 2.22. The molecule has 0 heterocycles. The van der Waals surface area contributed by atoms with E-state index in [2.05, 4.69) is 10.1 Å². The zero-order valence-corrected chi connectivity index (χ0v) is 12.6. The number of aliphatic hydroxyl groups is 1. The van der Waals surface area contributed by atoms with Crippen molar-refractivity contribution in [2.45, 2.75) is 18.9 Å². The molecule has 0 saturated heterocycles. The molecule has 7 heteroatoms. The van der Waals surface area contributed by atoms with Gasteiger partial charge in [0.15, 0.2) is 0 Å². The highest BCUT2D eigenvalue weighted by atomic mass is 19.4. The minimum atomic E-state index is -4.77. The predicted octanol–water partition coefficient (Wildman–Crippen LogP) is 2.92. The Morgan fingerprint density at radius 2 is 1.71 bits per heavy atom. The van der Waals surface area contributed by atoms with Crippen molar-refractivity contribution in [1.82, 2.24) is 5.32 Å². The zero-order chi connectivity index (χ0) is 17.6. The number of carbonyl (C=O) groups excluding carboxylic acids is 1. The number of hydrogen-bond donors (Lipinski definition) is 2. The van der Waals surface area contributed by atoms with Gasteiger partial charge in [-0.1, -0.05) is 30.3 Å². The Kier molecular flexibility index (Phi) is 5.81. The maximum absolute atomic E-state index is 12.1. The summed E-state index contributed by atoms with van der Waals surface area (Å²) in [5.74, 6) is -0.885. The van der Waals surface area contributed by atoms with Crippen molar-refractivity contribution in [1.29, 1.82) is 0 Å². The number of rotatable bonds is 6. The molecule has 0 aliphatic carbocycles. The Bertz CT molecular complexity index is 657. The van der Waals surface area contributed by atoms with E-state index in [4.69, 9.17) is 0 Å². The maximum atomic E-state index is 12.1. The molecule has 0 fully saturated rings. The van der Waals surface area contributed by atoms with Crippen LogP contribution >= 0.6 is 0 Å². The number of carbonyl (C=O) groups is 1. The van der Waals surface area contributed by atoms with Crippen molar-refractivity contribution >= 4 is 5.91 Å². The summed E-state index contributed by atoms with van der Waals surface area (Å²) in [7, 11) is 0. The molecule has 2 N–H and O–H groups in total. The number of halogens is 3. The van der Waals surface area contributed by atoms with Crippen LogP contribution in [0.2, 0.25) is 0 Å². The molecule has 2 aromatic rings. The summed E-state index contributed by atoms with van der Waals surface area (Å²) in [6, 6.07) is 13.9. The summed E-state index contributed by atoms with van der Waals surface area (Å²) in [5, 5.41) is 12.4. The first kappa shape index (κ1) is 17.8. The molecule has 128 valence electrons. The molecule has 4 nitrogen and oxygen atoms in total. The molecule has 0 aliphatic heterocycles. The van der Waals surface area contributed by atoms with Crippen LogP contribution in [0.25, 0.3) is 0 Å². The maximum Gasteiger partial charge on any atom is 0.573 e. The first-order valence-corrected chi connectivity index (χ1v) is 7.19. The van der Waals surface area contributed by atoms with E-state index >= 15 is 0 Å². The number of aliphatic hydroxyl groups excluding tert-OH is 1. The summed E-state index contributed by atoms with van der Waals surface area (Å²) >= 11 is 0. The van der Waals surface area contributed by atoms with Gasteiger partial charge in [-0.2, -0.15) is 0 Å². The number of hydrogen-bond acceptors (Lipinski definition) is 3. The number of benzene rings is 2. The first-order valence-electron chi connectivity index (χ1n) is 7.19. The SMILES string of the molecule is O=C(NCC(O)Cc1ccccc1)c1ccc(OC(F)(F)F)cc1. The highest BCUT2D eigenvalue weighted by Gasteiger charge is 2.31. The largest absolute Gasteiger partial charge is 0.573 e. The van der Waals surface area contributed by atoms with Crippen LogP contribution in [0.3, 0.4) is 0 Å². The van der Waals surface area contributed by atoms with Gasteiger partial charge in [0.1, 0.15) is 5.75 Å². The normalized spacial score (nSPS) is 12.5. The summed E-state index contributed by atoms with van der Waals surface area (Å²) < 4.78 is 39.9. The third kappa shape index (κ3) is 5.92. The van der Waals surface area contributed by atoms with E-state index in [0.717, 1.165) is 17.7 Å². The fraction of sp³-hybridized carbons (Fsp3) is 0.235. The quantitative estimate of drug-likeness (QED) is 0.851. The molecule has 2 aromatic carbocycles. The van der Waals surface area contributed by atoms with Crippen LogP contribution in [-0.4, -0.2) is 30.0 Å². The van der Waals surface area contributed by atoms with Crippen molar-refractivity contribution in [3.05, 3.63) is 65.7 Å². The molecule has 1 unspecified atom stereocenters. The van der Waals surface area contributed by atoms with Crippen LogP contribution in [0.5, 0.6) is 5.75 Å². The molecular weight excluding hydrogens is 323 g/mol. The minimum absolute atomic E-state index is 0.0362. The van der Waals surface area contributed by atoms with E-state index in [1.165, 1.54) is 12.1 Å². The number of amides is 1. The smallest absolute Gasteiger partial charge is 0.406 e. The second kappa shape index (κ2) is 7.83. The van der Waals surface area contributed by atoms with Gasteiger partial charge in [0.05, 0.1) is 6.10 Å². The molecule has 24 heavy (non-hydrogen) atoms. The van der Waals surface area contributed by atoms with Crippen LogP contribution in [0.1, 0.15) is 15.9 Å².